The summed E-state index contributed by atoms with van der Waals surface area (Å²) in [7, 11) is 0. The van der Waals surface area contributed by atoms with Gasteiger partial charge in [0.15, 0.2) is 0 Å². The fourth-order valence-corrected chi connectivity index (χ4v) is 1.62. The largest absolute Gasteiger partial charge is 0.391 e. The molecular weight excluding hydrogens is 196 g/mol. The highest BCUT2D eigenvalue weighted by Crippen LogP contribution is 2.11. The number of carbonyl (C=O) groups excluding carboxylic acids is 1. The van der Waals surface area contributed by atoms with Crippen molar-refractivity contribution < 1.29 is 9.90 Å². The van der Waals surface area contributed by atoms with E-state index in [0.29, 0.717) is 25.3 Å². The minimum atomic E-state index is -0.404. The SMILES string of the molecule is CCc1nc(C(=O)N2CC[C@H](O)C2)n[nH]1. The molecule has 0 aromatic carbocycles. The van der Waals surface area contributed by atoms with Crippen molar-refractivity contribution in [2.75, 3.05) is 13.1 Å². The van der Waals surface area contributed by atoms with Gasteiger partial charge in [0.05, 0.1) is 6.10 Å². The summed E-state index contributed by atoms with van der Waals surface area (Å²) in [5.74, 6) is 0.696. The first-order valence-electron chi connectivity index (χ1n) is 5.09. The standard InChI is InChI=1S/C9H14N4O2/c1-2-7-10-8(12-11-7)9(15)13-4-3-6(14)5-13/h6,14H,2-5H2,1H3,(H,10,11,12)/t6-/m0/s1. The lowest BCUT2D eigenvalue weighted by Gasteiger charge is -2.12. The predicted octanol–water partition coefficient (Wildman–Crippen LogP) is -0.426. The summed E-state index contributed by atoms with van der Waals surface area (Å²) < 4.78 is 0. The highest BCUT2D eigenvalue weighted by Gasteiger charge is 2.27. The van der Waals surface area contributed by atoms with Gasteiger partial charge in [-0.2, -0.15) is 0 Å². The van der Waals surface area contributed by atoms with Crippen molar-refractivity contribution in [2.24, 2.45) is 0 Å². The predicted molar refractivity (Wildman–Crippen MR) is 52.3 cm³/mol. The Morgan fingerprint density at radius 1 is 1.73 bits per heavy atom. The van der Waals surface area contributed by atoms with Crippen LogP contribution in [0, 0.1) is 0 Å². The summed E-state index contributed by atoms with van der Waals surface area (Å²) >= 11 is 0. The molecule has 1 amide bonds. The average molecular weight is 210 g/mol. The van der Waals surface area contributed by atoms with Crippen LogP contribution in [0.15, 0.2) is 0 Å². The molecular formula is C9H14N4O2. The molecule has 2 heterocycles. The zero-order chi connectivity index (χ0) is 10.8. The number of likely N-dealkylation sites (tertiary alicyclic amines) is 1. The number of aryl methyl sites for hydroxylation is 1. The van der Waals surface area contributed by atoms with Crippen molar-refractivity contribution in [2.45, 2.75) is 25.9 Å². The van der Waals surface area contributed by atoms with Gasteiger partial charge in [-0.15, -0.1) is 5.10 Å². The number of aliphatic hydroxyl groups excluding tert-OH is 1. The van der Waals surface area contributed by atoms with Crippen LogP contribution in [0.1, 0.15) is 29.8 Å². The Morgan fingerprint density at radius 2 is 2.53 bits per heavy atom. The summed E-state index contributed by atoms with van der Waals surface area (Å²) in [5, 5.41) is 15.9. The van der Waals surface area contributed by atoms with E-state index < -0.39 is 6.10 Å². The van der Waals surface area contributed by atoms with Crippen molar-refractivity contribution in [1.29, 1.82) is 0 Å². The Labute approximate surface area is 87.3 Å². The first kappa shape index (κ1) is 10.1. The molecule has 1 fully saturated rings. The summed E-state index contributed by atoms with van der Waals surface area (Å²) in [6.07, 6.45) is 0.957. The van der Waals surface area contributed by atoms with Crippen LogP contribution in [0.2, 0.25) is 0 Å². The Morgan fingerprint density at radius 3 is 3.07 bits per heavy atom. The third-order valence-electron chi connectivity index (χ3n) is 2.51. The van der Waals surface area contributed by atoms with E-state index in [1.54, 1.807) is 4.90 Å². The second kappa shape index (κ2) is 3.98. The van der Waals surface area contributed by atoms with Gasteiger partial charge in [-0.3, -0.25) is 9.89 Å². The van der Waals surface area contributed by atoms with Crippen LogP contribution >= 0.6 is 0 Å². The molecule has 6 nitrogen and oxygen atoms in total. The molecule has 0 bridgehead atoms. The molecule has 1 aliphatic heterocycles. The monoisotopic (exact) mass is 210 g/mol. The minimum Gasteiger partial charge on any atom is -0.391 e. The fourth-order valence-electron chi connectivity index (χ4n) is 1.62. The van der Waals surface area contributed by atoms with Crippen LogP contribution in [0.3, 0.4) is 0 Å². The molecule has 0 aliphatic carbocycles. The Bertz CT molecular complexity index is 363. The summed E-state index contributed by atoms with van der Waals surface area (Å²) in [5.41, 5.74) is 0. The third kappa shape index (κ3) is 1.99. The van der Waals surface area contributed by atoms with Gasteiger partial charge in [-0.25, -0.2) is 4.98 Å². The molecule has 0 saturated carbocycles. The summed E-state index contributed by atoms with van der Waals surface area (Å²) in [6.45, 7) is 2.90. The Kier molecular flexibility index (Phi) is 2.68. The molecule has 1 aromatic heterocycles. The zero-order valence-electron chi connectivity index (χ0n) is 8.60. The van der Waals surface area contributed by atoms with Crippen molar-refractivity contribution in [3.63, 3.8) is 0 Å². The molecule has 0 unspecified atom stereocenters. The maximum Gasteiger partial charge on any atom is 0.293 e. The molecule has 1 aromatic rings. The van der Waals surface area contributed by atoms with Crippen molar-refractivity contribution >= 4 is 5.91 Å². The molecule has 1 aliphatic rings. The lowest BCUT2D eigenvalue weighted by atomic mass is 10.3. The van der Waals surface area contributed by atoms with E-state index >= 15 is 0 Å². The second-order valence-corrected chi connectivity index (χ2v) is 3.65. The summed E-state index contributed by atoms with van der Waals surface area (Å²) in [6, 6.07) is 0. The molecule has 0 spiro atoms. The number of nitrogens with one attached hydrogen (secondary N) is 1. The van der Waals surface area contributed by atoms with E-state index in [4.69, 9.17) is 0 Å². The number of aromatic amines is 1. The van der Waals surface area contributed by atoms with Crippen LogP contribution in [0.5, 0.6) is 0 Å². The van der Waals surface area contributed by atoms with Crippen LogP contribution in [0.25, 0.3) is 0 Å². The second-order valence-electron chi connectivity index (χ2n) is 3.65. The normalized spacial score (nSPS) is 20.9. The molecule has 2 rings (SSSR count). The van der Waals surface area contributed by atoms with Gasteiger partial charge >= 0.3 is 0 Å². The van der Waals surface area contributed by atoms with Crippen molar-refractivity contribution in [3.8, 4) is 0 Å². The lowest BCUT2D eigenvalue weighted by molar-refractivity contribution is 0.0753. The molecule has 1 saturated heterocycles. The van der Waals surface area contributed by atoms with E-state index in [1.165, 1.54) is 0 Å². The van der Waals surface area contributed by atoms with Gasteiger partial charge in [0.25, 0.3) is 5.91 Å². The van der Waals surface area contributed by atoms with E-state index in [-0.39, 0.29) is 11.7 Å². The Balaban J connectivity index is 2.07. The zero-order valence-corrected chi connectivity index (χ0v) is 8.60. The van der Waals surface area contributed by atoms with E-state index in [2.05, 4.69) is 15.2 Å². The first-order valence-corrected chi connectivity index (χ1v) is 5.09. The van der Waals surface area contributed by atoms with Gasteiger partial charge in [-0.1, -0.05) is 6.92 Å². The highest BCUT2D eigenvalue weighted by molar-refractivity contribution is 5.90. The quantitative estimate of drug-likeness (QED) is 0.694. The maximum absolute atomic E-state index is 11.8. The number of aromatic nitrogens is 3. The minimum absolute atomic E-state index is 0.195. The van der Waals surface area contributed by atoms with Gasteiger partial charge in [-0.05, 0) is 6.42 Å². The Hall–Kier alpha value is -1.43. The van der Waals surface area contributed by atoms with E-state index in [1.807, 2.05) is 6.92 Å². The van der Waals surface area contributed by atoms with Crippen molar-refractivity contribution in [3.05, 3.63) is 11.6 Å². The van der Waals surface area contributed by atoms with Gasteiger partial charge in [0, 0.05) is 19.5 Å². The number of aliphatic hydroxyl groups is 1. The third-order valence-corrected chi connectivity index (χ3v) is 2.51. The van der Waals surface area contributed by atoms with E-state index in [0.717, 1.165) is 6.42 Å². The number of β-amino-alcohol motifs (C(OH)–C–C–N with tert-alkyl or cyclic N) is 1. The molecule has 0 radical (unpaired) electrons. The number of nitrogens with zero attached hydrogens (tertiary/aromatic N) is 3. The number of H-pyrrole nitrogens is 1. The molecule has 1 atom stereocenters. The average Bonchev–Trinajstić information content (AvgIpc) is 2.84. The van der Waals surface area contributed by atoms with Gasteiger partial charge < -0.3 is 10.0 Å². The number of hydrogen-bond donors (Lipinski definition) is 2. The molecule has 82 valence electrons. The van der Waals surface area contributed by atoms with Crippen LogP contribution in [-0.4, -0.2) is 50.3 Å². The fraction of sp³-hybridized carbons (Fsp3) is 0.667. The highest BCUT2D eigenvalue weighted by atomic mass is 16.3. The van der Waals surface area contributed by atoms with Crippen LogP contribution in [-0.2, 0) is 6.42 Å². The van der Waals surface area contributed by atoms with E-state index in [9.17, 15) is 9.90 Å². The topological polar surface area (TPSA) is 82.1 Å². The maximum atomic E-state index is 11.8. The molecule has 15 heavy (non-hydrogen) atoms. The van der Waals surface area contributed by atoms with Crippen LogP contribution in [0.4, 0.5) is 0 Å². The van der Waals surface area contributed by atoms with Gasteiger partial charge in [0.2, 0.25) is 5.82 Å². The first-order chi connectivity index (χ1) is 7.20. The number of amides is 1. The number of carbonyl (C=O) groups is 1. The smallest absolute Gasteiger partial charge is 0.293 e. The summed E-state index contributed by atoms with van der Waals surface area (Å²) in [4.78, 5) is 17.4. The lowest BCUT2D eigenvalue weighted by Crippen LogP contribution is -2.30. The number of hydrogen-bond acceptors (Lipinski definition) is 4. The molecule has 2 N–H and O–H groups in total. The van der Waals surface area contributed by atoms with Crippen molar-refractivity contribution in [1.82, 2.24) is 20.1 Å². The number of rotatable bonds is 2. The molecule has 6 heteroatoms. The van der Waals surface area contributed by atoms with Gasteiger partial charge in [0.1, 0.15) is 5.82 Å². The van der Waals surface area contributed by atoms with Crippen LogP contribution < -0.4 is 0 Å².